The molecule has 0 fully saturated rings. The first kappa shape index (κ1) is 17.0. The molecule has 0 aliphatic heterocycles. The van der Waals surface area contributed by atoms with Crippen molar-refractivity contribution in [3.63, 3.8) is 0 Å². The third kappa shape index (κ3) is 3.90. The van der Waals surface area contributed by atoms with E-state index in [4.69, 9.17) is 4.74 Å². The van der Waals surface area contributed by atoms with Gasteiger partial charge in [-0.3, -0.25) is 4.79 Å². The highest BCUT2D eigenvalue weighted by molar-refractivity contribution is 7.91. The molecule has 6 heteroatoms. The average molecular weight is 334 g/mol. The van der Waals surface area contributed by atoms with Gasteiger partial charge in [0, 0.05) is 0 Å². The predicted molar refractivity (Wildman–Crippen MR) is 85.1 cm³/mol. The molecule has 0 unspecified atom stereocenters. The summed E-state index contributed by atoms with van der Waals surface area (Å²) in [6.07, 6.45) is 0. The summed E-state index contributed by atoms with van der Waals surface area (Å²) in [7, 11) is -3.68. The molecule has 5 nitrogen and oxygen atoms in total. The number of ether oxygens (including phenoxy) is 1. The highest BCUT2D eigenvalue weighted by atomic mass is 32.2. The van der Waals surface area contributed by atoms with E-state index < -0.39 is 21.2 Å². The summed E-state index contributed by atoms with van der Waals surface area (Å²) in [6.45, 7) is 5.21. The molecule has 0 saturated carbocycles. The monoisotopic (exact) mass is 334 g/mol. The maximum Gasteiger partial charge on any atom is 0.316 e. The maximum absolute atomic E-state index is 12.4. The van der Waals surface area contributed by atoms with Crippen LogP contribution in [0.4, 0.5) is 0 Å². The third-order valence-electron chi connectivity index (χ3n) is 3.10. The molecule has 0 heterocycles. The Balaban J connectivity index is 2.25. The molecular formula is C17H18O5S. The van der Waals surface area contributed by atoms with Crippen molar-refractivity contribution in [1.82, 2.24) is 0 Å². The third-order valence-corrected chi connectivity index (χ3v) is 4.89. The number of hydrogen-bond acceptors (Lipinski definition) is 5. The summed E-state index contributed by atoms with van der Waals surface area (Å²) in [4.78, 5) is 12.0. The van der Waals surface area contributed by atoms with Crippen molar-refractivity contribution in [2.45, 2.75) is 30.6 Å². The molecule has 0 aliphatic rings. The number of aromatic hydroxyl groups is 1. The number of phenols is 1. The second-order valence-electron chi connectivity index (χ2n) is 6.11. The minimum atomic E-state index is -3.68. The Morgan fingerprint density at radius 2 is 1.35 bits per heavy atom. The Morgan fingerprint density at radius 1 is 0.913 bits per heavy atom. The van der Waals surface area contributed by atoms with Crippen LogP contribution in [0.2, 0.25) is 0 Å². The number of phenolic OH excluding ortho intramolecular Hbond substituents is 1. The molecular weight excluding hydrogens is 316 g/mol. The SMILES string of the molecule is CC(C)(C)C(=O)Oc1ccc(S(=O)(=O)c2ccc(O)cc2)cc1. The maximum atomic E-state index is 12.4. The number of sulfone groups is 1. The first-order valence-electron chi connectivity index (χ1n) is 6.97. The van der Waals surface area contributed by atoms with Crippen molar-refractivity contribution in [2.24, 2.45) is 5.41 Å². The fourth-order valence-corrected chi connectivity index (χ4v) is 2.97. The van der Waals surface area contributed by atoms with Crippen LogP contribution in [0.25, 0.3) is 0 Å². The zero-order chi connectivity index (χ0) is 17.3. The van der Waals surface area contributed by atoms with Gasteiger partial charge in [0.2, 0.25) is 9.84 Å². The molecule has 2 aromatic rings. The van der Waals surface area contributed by atoms with E-state index in [1.165, 1.54) is 48.5 Å². The largest absolute Gasteiger partial charge is 0.508 e. The van der Waals surface area contributed by atoms with Gasteiger partial charge < -0.3 is 9.84 Å². The molecule has 0 saturated heterocycles. The number of carbonyl (C=O) groups is 1. The first-order valence-corrected chi connectivity index (χ1v) is 8.45. The minimum absolute atomic E-state index is 0.00612. The Kier molecular flexibility index (Phi) is 4.47. The van der Waals surface area contributed by atoms with Gasteiger partial charge in [0.25, 0.3) is 0 Å². The van der Waals surface area contributed by atoms with E-state index in [1.54, 1.807) is 20.8 Å². The van der Waals surface area contributed by atoms with Crippen molar-refractivity contribution in [1.29, 1.82) is 0 Å². The smallest absolute Gasteiger partial charge is 0.316 e. The van der Waals surface area contributed by atoms with Gasteiger partial charge in [-0.05, 0) is 69.3 Å². The number of hydrogen-bond donors (Lipinski definition) is 1. The van der Waals surface area contributed by atoms with Gasteiger partial charge in [0.1, 0.15) is 11.5 Å². The lowest BCUT2D eigenvalue weighted by molar-refractivity contribution is -0.143. The van der Waals surface area contributed by atoms with Crippen LogP contribution in [0.3, 0.4) is 0 Å². The second kappa shape index (κ2) is 6.04. The van der Waals surface area contributed by atoms with E-state index >= 15 is 0 Å². The van der Waals surface area contributed by atoms with Crippen LogP contribution < -0.4 is 4.74 Å². The number of rotatable bonds is 3. The molecule has 1 N–H and O–H groups in total. The van der Waals surface area contributed by atoms with Gasteiger partial charge in [-0.1, -0.05) is 0 Å². The second-order valence-corrected chi connectivity index (χ2v) is 8.06. The van der Waals surface area contributed by atoms with E-state index in [9.17, 15) is 18.3 Å². The van der Waals surface area contributed by atoms with Gasteiger partial charge in [-0.2, -0.15) is 0 Å². The number of esters is 1. The van der Waals surface area contributed by atoms with Crippen LogP contribution >= 0.6 is 0 Å². The predicted octanol–water partition coefficient (Wildman–Crippen LogP) is 3.18. The van der Waals surface area contributed by atoms with Crippen LogP contribution in [0.5, 0.6) is 11.5 Å². The van der Waals surface area contributed by atoms with Crippen molar-refractivity contribution < 1.29 is 23.1 Å². The van der Waals surface area contributed by atoms with E-state index in [-0.39, 0.29) is 21.3 Å². The van der Waals surface area contributed by atoms with Crippen LogP contribution in [0.15, 0.2) is 58.3 Å². The van der Waals surface area contributed by atoms with Crippen LogP contribution in [0.1, 0.15) is 20.8 Å². The molecule has 0 radical (unpaired) electrons. The molecule has 0 spiro atoms. The van der Waals surface area contributed by atoms with E-state index in [2.05, 4.69) is 0 Å². The lowest BCUT2D eigenvalue weighted by Gasteiger charge is -2.16. The standard InChI is InChI=1S/C17H18O5S/c1-17(2,3)16(19)22-13-6-10-15(11-7-13)23(20,21)14-8-4-12(18)5-9-14/h4-11,18H,1-3H3. The Labute approximate surface area is 135 Å². The Bertz CT molecular complexity index is 798. The molecule has 0 atom stereocenters. The summed E-state index contributed by atoms with van der Waals surface area (Å²) in [6, 6.07) is 10.9. The van der Waals surface area contributed by atoms with Gasteiger partial charge in [-0.15, -0.1) is 0 Å². The lowest BCUT2D eigenvalue weighted by Crippen LogP contribution is -2.25. The molecule has 0 bridgehead atoms. The van der Waals surface area contributed by atoms with Crippen LogP contribution in [-0.4, -0.2) is 19.5 Å². The number of benzene rings is 2. The van der Waals surface area contributed by atoms with Crippen molar-refractivity contribution in [3.05, 3.63) is 48.5 Å². The number of carbonyl (C=O) groups excluding carboxylic acids is 1. The van der Waals surface area contributed by atoms with Gasteiger partial charge in [-0.25, -0.2) is 8.42 Å². The lowest BCUT2D eigenvalue weighted by atomic mass is 9.97. The summed E-state index contributed by atoms with van der Waals surface area (Å²) in [5.74, 6) is -0.116. The molecule has 0 aromatic heterocycles. The summed E-state index contributed by atoms with van der Waals surface area (Å²) >= 11 is 0. The van der Waals surface area contributed by atoms with E-state index in [0.29, 0.717) is 0 Å². The normalized spacial score (nSPS) is 12.0. The zero-order valence-electron chi connectivity index (χ0n) is 13.1. The van der Waals surface area contributed by atoms with Gasteiger partial charge in [0.15, 0.2) is 0 Å². The molecule has 122 valence electrons. The molecule has 2 aromatic carbocycles. The highest BCUT2D eigenvalue weighted by Gasteiger charge is 2.24. The Hall–Kier alpha value is -2.34. The summed E-state index contributed by atoms with van der Waals surface area (Å²) in [5, 5.41) is 9.24. The van der Waals surface area contributed by atoms with Crippen molar-refractivity contribution >= 4 is 15.8 Å². The summed E-state index contributed by atoms with van der Waals surface area (Å²) < 4.78 is 30.1. The van der Waals surface area contributed by atoms with Gasteiger partial charge in [0.05, 0.1) is 15.2 Å². The van der Waals surface area contributed by atoms with Crippen molar-refractivity contribution in [3.8, 4) is 11.5 Å². The quantitative estimate of drug-likeness (QED) is 0.689. The Morgan fingerprint density at radius 3 is 1.78 bits per heavy atom. The summed E-state index contributed by atoms with van der Waals surface area (Å²) in [5.41, 5.74) is -0.642. The van der Waals surface area contributed by atoms with E-state index in [0.717, 1.165) is 0 Å². The fraction of sp³-hybridized carbons (Fsp3) is 0.235. The fourth-order valence-electron chi connectivity index (χ4n) is 1.71. The van der Waals surface area contributed by atoms with E-state index in [1.807, 2.05) is 0 Å². The van der Waals surface area contributed by atoms with Gasteiger partial charge >= 0.3 is 5.97 Å². The molecule has 0 aliphatic carbocycles. The first-order chi connectivity index (χ1) is 10.6. The molecule has 23 heavy (non-hydrogen) atoms. The van der Waals surface area contributed by atoms with Crippen LogP contribution in [0, 0.1) is 5.41 Å². The van der Waals surface area contributed by atoms with Crippen LogP contribution in [-0.2, 0) is 14.6 Å². The van der Waals surface area contributed by atoms with Crippen molar-refractivity contribution in [2.75, 3.05) is 0 Å². The zero-order valence-corrected chi connectivity index (χ0v) is 13.9. The molecule has 2 rings (SSSR count). The minimum Gasteiger partial charge on any atom is -0.508 e. The average Bonchev–Trinajstić information content (AvgIpc) is 2.47. The topological polar surface area (TPSA) is 80.7 Å². The molecule has 0 amide bonds. The highest BCUT2D eigenvalue weighted by Crippen LogP contribution is 2.25.